The second-order valence-corrected chi connectivity index (χ2v) is 5.29. The fourth-order valence-corrected chi connectivity index (χ4v) is 2.48. The quantitative estimate of drug-likeness (QED) is 0.832. The van der Waals surface area contributed by atoms with Gasteiger partial charge in [-0.15, -0.1) is 0 Å². The first-order valence-corrected chi connectivity index (χ1v) is 7.38. The Balaban J connectivity index is 2.48. The van der Waals surface area contributed by atoms with Gasteiger partial charge in [0, 0.05) is 25.2 Å². The molecule has 0 unspecified atom stereocenters. The molecule has 1 heterocycles. The minimum atomic E-state index is -0.0452. The molecule has 6 heteroatoms. The van der Waals surface area contributed by atoms with Gasteiger partial charge in [-0.1, -0.05) is 11.6 Å². The Labute approximate surface area is 128 Å². The smallest absolute Gasteiger partial charge is 0.261 e. The molecular formula is C15H20ClN3O2. The topological polar surface area (TPSA) is 56.1 Å². The lowest BCUT2D eigenvalue weighted by Crippen LogP contribution is -2.32. The maximum atomic E-state index is 12.6. The van der Waals surface area contributed by atoms with Gasteiger partial charge in [0.25, 0.3) is 5.56 Å². The molecule has 0 saturated carbocycles. The zero-order chi connectivity index (χ0) is 15.4. The molecule has 114 valence electrons. The van der Waals surface area contributed by atoms with E-state index in [4.69, 9.17) is 16.3 Å². The van der Waals surface area contributed by atoms with E-state index in [-0.39, 0.29) is 11.6 Å². The number of nitrogens with one attached hydrogen (secondary N) is 1. The van der Waals surface area contributed by atoms with Crippen molar-refractivity contribution in [3.63, 3.8) is 0 Å². The predicted molar refractivity (Wildman–Crippen MR) is 85.0 cm³/mol. The zero-order valence-electron chi connectivity index (χ0n) is 12.5. The summed E-state index contributed by atoms with van der Waals surface area (Å²) >= 11 is 6.00. The van der Waals surface area contributed by atoms with Crippen LogP contribution in [0.25, 0.3) is 10.9 Å². The Kier molecular flexibility index (Phi) is 5.33. The molecule has 0 bridgehead atoms. The Hall–Kier alpha value is -1.43. The van der Waals surface area contributed by atoms with E-state index in [0.29, 0.717) is 41.4 Å². The summed E-state index contributed by atoms with van der Waals surface area (Å²) in [5, 5.41) is 4.47. The van der Waals surface area contributed by atoms with Crippen molar-refractivity contribution in [2.24, 2.45) is 0 Å². The molecule has 21 heavy (non-hydrogen) atoms. The first-order chi connectivity index (χ1) is 10.1. The normalized spacial score (nSPS) is 12.8. The Bertz CT molecular complexity index is 684. The number of hydrogen-bond acceptors (Lipinski definition) is 4. The molecule has 1 N–H and O–H groups in total. The third-order valence-corrected chi connectivity index (χ3v) is 3.64. The monoisotopic (exact) mass is 309 g/mol. The van der Waals surface area contributed by atoms with Crippen LogP contribution < -0.4 is 10.9 Å². The summed E-state index contributed by atoms with van der Waals surface area (Å²) in [6.45, 7) is 5.82. The van der Waals surface area contributed by atoms with Crippen LogP contribution >= 0.6 is 11.6 Å². The molecule has 1 aromatic heterocycles. The summed E-state index contributed by atoms with van der Waals surface area (Å²) < 4.78 is 6.72. The van der Waals surface area contributed by atoms with Crippen molar-refractivity contribution in [3.8, 4) is 0 Å². The fraction of sp³-hybridized carbons (Fsp3) is 0.467. The summed E-state index contributed by atoms with van der Waals surface area (Å²) in [6.07, 6.45) is 0. The average Bonchev–Trinajstić information content (AvgIpc) is 2.46. The summed E-state index contributed by atoms with van der Waals surface area (Å²) in [6, 6.07) is 5.12. The number of nitrogens with zero attached hydrogens (tertiary/aromatic N) is 2. The Morgan fingerprint density at radius 3 is 2.90 bits per heavy atom. The highest BCUT2D eigenvalue weighted by molar-refractivity contribution is 6.31. The minimum Gasteiger partial charge on any atom is -0.383 e. The first kappa shape index (κ1) is 15.9. The maximum Gasteiger partial charge on any atom is 0.261 e. The van der Waals surface area contributed by atoms with Gasteiger partial charge in [0.1, 0.15) is 5.82 Å². The van der Waals surface area contributed by atoms with Crippen LogP contribution in [-0.4, -0.2) is 29.8 Å². The molecule has 1 aromatic carbocycles. The number of methoxy groups -OCH3 is 1. The van der Waals surface area contributed by atoms with Crippen LogP contribution in [0.1, 0.15) is 25.7 Å². The van der Waals surface area contributed by atoms with Gasteiger partial charge in [0.05, 0.1) is 23.6 Å². The first-order valence-electron chi connectivity index (χ1n) is 7.00. The molecule has 2 aromatic rings. The number of ether oxygens (including phenoxy) is 1. The van der Waals surface area contributed by atoms with Gasteiger partial charge in [-0.2, -0.15) is 0 Å². The highest BCUT2D eigenvalue weighted by Gasteiger charge is 2.15. The summed E-state index contributed by atoms with van der Waals surface area (Å²) in [5.41, 5.74) is 0.599. The van der Waals surface area contributed by atoms with Crippen molar-refractivity contribution in [2.45, 2.75) is 26.4 Å². The van der Waals surface area contributed by atoms with E-state index in [2.05, 4.69) is 10.3 Å². The number of aromatic nitrogens is 2. The number of hydrogen-bond donors (Lipinski definition) is 1. The van der Waals surface area contributed by atoms with Crippen LogP contribution in [0.5, 0.6) is 0 Å². The van der Waals surface area contributed by atoms with Crippen molar-refractivity contribution >= 4 is 22.5 Å². The molecule has 0 spiro atoms. The minimum absolute atomic E-state index is 0.0328. The van der Waals surface area contributed by atoms with Crippen molar-refractivity contribution in [3.05, 3.63) is 39.4 Å². The lowest BCUT2D eigenvalue weighted by atomic mass is 10.2. The second-order valence-electron chi connectivity index (χ2n) is 4.85. The molecule has 5 nitrogen and oxygen atoms in total. The van der Waals surface area contributed by atoms with Gasteiger partial charge < -0.3 is 10.1 Å². The van der Waals surface area contributed by atoms with Crippen molar-refractivity contribution in [2.75, 3.05) is 20.3 Å². The predicted octanol–water partition coefficient (Wildman–Crippen LogP) is 2.37. The summed E-state index contributed by atoms with van der Waals surface area (Å²) in [5.74, 6) is 0.716. The lowest BCUT2D eigenvalue weighted by Gasteiger charge is -2.18. The van der Waals surface area contributed by atoms with Crippen molar-refractivity contribution < 1.29 is 4.74 Å². The molecule has 1 atom stereocenters. The lowest BCUT2D eigenvalue weighted by molar-refractivity contribution is 0.196. The number of benzene rings is 1. The van der Waals surface area contributed by atoms with Crippen LogP contribution in [0.15, 0.2) is 23.0 Å². The van der Waals surface area contributed by atoms with Crippen LogP contribution in [0.3, 0.4) is 0 Å². The van der Waals surface area contributed by atoms with Gasteiger partial charge >= 0.3 is 0 Å². The second kappa shape index (κ2) is 7.02. The van der Waals surface area contributed by atoms with E-state index >= 15 is 0 Å². The molecule has 0 aliphatic carbocycles. The SMILES string of the molecule is CCn1c([C@H](C)NCCOC)nc2cc(Cl)ccc2c1=O. The summed E-state index contributed by atoms with van der Waals surface area (Å²) in [7, 11) is 1.66. The molecule has 0 saturated heterocycles. The third-order valence-electron chi connectivity index (χ3n) is 3.41. The van der Waals surface area contributed by atoms with Gasteiger partial charge in [-0.05, 0) is 32.0 Å². The largest absolute Gasteiger partial charge is 0.383 e. The van der Waals surface area contributed by atoms with Gasteiger partial charge in [-0.3, -0.25) is 9.36 Å². The Morgan fingerprint density at radius 1 is 1.48 bits per heavy atom. The van der Waals surface area contributed by atoms with Crippen LogP contribution in [-0.2, 0) is 11.3 Å². The van der Waals surface area contributed by atoms with Gasteiger partial charge in [0.2, 0.25) is 0 Å². The highest BCUT2D eigenvalue weighted by Crippen LogP contribution is 2.17. The van der Waals surface area contributed by atoms with Crippen LogP contribution in [0, 0.1) is 0 Å². The van der Waals surface area contributed by atoms with E-state index < -0.39 is 0 Å². The van der Waals surface area contributed by atoms with Gasteiger partial charge in [0.15, 0.2) is 0 Å². The van der Waals surface area contributed by atoms with Crippen LogP contribution in [0.2, 0.25) is 5.02 Å². The Morgan fingerprint density at radius 2 is 2.24 bits per heavy atom. The van der Waals surface area contributed by atoms with Crippen molar-refractivity contribution in [1.82, 2.24) is 14.9 Å². The van der Waals surface area contributed by atoms with Gasteiger partial charge in [-0.25, -0.2) is 4.98 Å². The van der Waals surface area contributed by atoms with E-state index in [9.17, 15) is 4.79 Å². The summed E-state index contributed by atoms with van der Waals surface area (Å²) in [4.78, 5) is 17.2. The number of rotatable bonds is 6. The third kappa shape index (κ3) is 3.43. The number of halogens is 1. The fourth-order valence-electron chi connectivity index (χ4n) is 2.32. The molecule has 0 fully saturated rings. The standard InChI is InChI=1S/C15H20ClN3O2/c1-4-19-14(10(2)17-7-8-21-3)18-13-9-11(16)5-6-12(13)15(19)20/h5-6,9-10,17H,4,7-8H2,1-3H3/t10-/m0/s1. The highest BCUT2D eigenvalue weighted by atomic mass is 35.5. The maximum absolute atomic E-state index is 12.6. The average molecular weight is 310 g/mol. The van der Waals surface area contributed by atoms with Crippen molar-refractivity contribution in [1.29, 1.82) is 0 Å². The van der Waals surface area contributed by atoms with E-state index in [0.717, 1.165) is 0 Å². The number of fused-ring (bicyclic) bond motifs is 1. The molecule has 0 aliphatic rings. The van der Waals surface area contributed by atoms with E-state index in [1.165, 1.54) is 0 Å². The molecule has 0 radical (unpaired) electrons. The molecule has 0 amide bonds. The zero-order valence-corrected chi connectivity index (χ0v) is 13.3. The molecule has 2 rings (SSSR count). The molecular weight excluding hydrogens is 290 g/mol. The van der Waals surface area contributed by atoms with E-state index in [1.54, 1.807) is 29.9 Å². The van der Waals surface area contributed by atoms with E-state index in [1.807, 2.05) is 13.8 Å². The van der Waals surface area contributed by atoms with Crippen LogP contribution in [0.4, 0.5) is 0 Å². The molecule has 0 aliphatic heterocycles.